The van der Waals surface area contributed by atoms with Crippen molar-refractivity contribution >= 4 is 11.9 Å². The minimum Gasteiger partial charge on any atom is -0.478 e. The van der Waals surface area contributed by atoms with Gasteiger partial charge in [0.1, 0.15) is 0 Å². The molecule has 1 unspecified atom stereocenters. The number of nitrogens with zero attached hydrogens (tertiary/aromatic N) is 3. The van der Waals surface area contributed by atoms with Crippen molar-refractivity contribution < 1.29 is 9.90 Å². The van der Waals surface area contributed by atoms with Gasteiger partial charge in [0.05, 0.1) is 11.3 Å². The number of hydrogen-bond acceptors (Lipinski definition) is 4. The number of carboxylic acid groups (broad SMARTS) is 1. The second-order valence-electron chi connectivity index (χ2n) is 5.17. The minimum atomic E-state index is -0.967. The van der Waals surface area contributed by atoms with Crippen LogP contribution in [0.1, 0.15) is 48.7 Å². The monoisotopic (exact) mass is 263 g/mol. The van der Waals surface area contributed by atoms with E-state index in [0.29, 0.717) is 11.6 Å². The van der Waals surface area contributed by atoms with Gasteiger partial charge >= 0.3 is 5.97 Å². The Kier molecular flexibility index (Phi) is 4.35. The van der Waals surface area contributed by atoms with Crippen molar-refractivity contribution in [3.63, 3.8) is 0 Å². The van der Waals surface area contributed by atoms with Crippen molar-refractivity contribution in [3.8, 4) is 0 Å². The SMILES string of the molecule is CCC1CCCN(c2ncc(C(=O)O)c(C)n2)CC1. The van der Waals surface area contributed by atoms with Gasteiger partial charge in [-0.15, -0.1) is 0 Å². The fourth-order valence-corrected chi connectivity index (χ4v) is 2.59. The van der Waals surface area contributed by atoms with Crippen LogP contribution >= 0.6 is 0 Å². The molecule has 0 aliphatic carbocycles. The summed E-state index contributed by atoms with van der Waals surface area (Å²) in [6.07, 6.45) is 6.23. The molecule has 1 aromatic heterocycles. The molecule has 1 aromatic rings. The molecule has 0 saturated carbocycles. The molecule has 19 heavy (non-hydrogen) atoms. The van der Waals surface area contributed by atoms with Crippen LogP contribution in [0.4, 0.5) is 5.95 Å². The van der Waals surface area contributed by atoms with Crippen LogP contribution in [0.15, 0.2) is 6.20 Å². The van der Waals surface area contributed by atoms with Crippen molar-refractivity contribution in [2.24, 2.45) is 5.92 Å². The van der Waals surface area contributed by atoms with E-state index < -0.39 is 5.97 Å². The Labute approximate surface area is 113 Å². The van der Waals surface area contributed by atoms with E-state index in [2.05, 4.69) is 21.8 Å². The van der Waals surface area contributed by atoms with Crippen LogP contribution in [0.25, 0.3) is 0 Å². The third-order valence-electron chi connectivity index (χ3n) is 3.90. The van der Waals surface area contributed by atoms with Crippen molar-refractivity contribution in [2.75, 3.05) is 18.0 Å². The molecule has 1 saturated heterocycles. The molecule has 0 radical (unpaired) electrons. The molecule has 1 aliphatic heterocycles. The molecule has 1 fully saturated rings. The largest absolute Gasteiger partial charge is 0.478 e. The van der Waals surface area contributed by atoms with E-state index in [1.54, 1.807) is 6.92 Å². The van der Waals surface area contributed by atoms with E-state index in [1.165, 1.54) is 25.5 Å². The van der Waals surface area contributed by atoms with Gasteiger partial charge in [0.2, 0.25) is 5.95 Å². The number of aromatic nitrogens is 2. The standard InChI is InChI=1S/C14H21N3O2/c1-3-11-5-4-7-17(8-6-11)14-15-9-12(13(18)19)10(2)16-14/h9,11H,3-8H2,1-2H3,(H,18,19). The predicted molar refractivity (Wildman–Crippen MR) is 73.6 cm³/mol. The Balaban J connectivity index is 2.13. The Bertz CT molecular complexity index is 462. The van der Waals surface area contributed by atoms with Crippen LogP contribution in [0, 0.1) is 12.8 Å². The number of aryl methyl sites for hydroxylation is 1. The van der Waals surface area contributed by atoms with Crippen molar-refractivity contribution in [2.45, 2.75) is 39.5 Å². The van der Waals surface area contributed by atoms with Crippen LogP contribution in [0.3, 0.4) is 0 Å². The van der Waals surface area contributed by atoms with Gasteiger partial charge in [-0.3, -0.25) is 0 Å². The molecule has 2 rings (SSSR count). The molecule has 1 N–H and O–H groups in total. The lowest BCUT2D eigenvalue weighted by molar-refractivity contribution is 0.0695. The van der Waals surface area contributed by atoms with E-state index >= 15 is 0 Å². The Morgan fingerprint density at radius 3 is 2.89 bits per heavy atom. The summed E-state index contributed by atoms with van der Waals surface area (Å²) in [5.41, 5.74) is 0.721. The van der Waals surface area contributed by atoms with Gasteiger partial charge in [0.25, 0.3) is 0 Å². The highest BCUT2D eigenvalue weighted by Gasteiger charge is 2.19. The second-order valence-corrected chi connectivity index (χ2v) is 5.17. The first kappa shape index (κ1) is 13.8. The zero-order valence-electron chi connectivity index (χ0n) is 11.6. The molecule has 104 valence electrons. The maximum absolute atomic E-state index is 11.0. The van der Waals surface area contributed by atoms with Gasteiger partial charge in [0.15, 0.2) is 0 Å². The van der Waals surface area contributed by atoms with Crippen molar-refractivity contribution in [1.82, 2.24) is 9.97 Å². The maximum Gasteiger partial charge on any atom is 0.339 e. The van der Waals surface area contributed by atoms with Gasteiger partial charge in [-0.1, -0.05) is 13.3 Å². The highest BCUT2D eigenvalue weighted by Crippen LogP contribution is 2.22. The third kappa shape index (κ3) is 3.22. The Morgan fingerprint density at radius 1 is 1.47 bits per heavy atom. The second kappa shape index (κ2) is 5.99. The van der Waals surface area contributed by atoms with Crippen LogP contribution in [0.2, 0.25) is 0 Å². The summed E-state index contributed by atoms with van der Waals surface area (Å²) in [5, 5.41) is 8.98. The number of hydrogen-bond donors (Lipinski definition) is 1. The highest BCUT2D eigenvalue weighted by molar-refractivity contribution is 5.88. The average molecular weight is 263 g/mol. The molecule has 0 bridgehead atoms. The van der Waals surface area contributed by atoms with Gasteiger partial charge in [0, 0.05) is 19.3 Å². The summed E-state index contributed by atoms with van der Waals surface area (Å²) in [5.74, 6) is 0.495. The average Bonchev–Trinajstić information content (AvgIpc) is 2.63. The van der Waals surface area contributed by atoms with E-state index in [0.717, 1.165) is 25.4 Å². The third-order valence-corrected chi connectivity index (χ3v) is 3.90. The molecule has 5 heteroatoms. The molecule has 0 amide bonds. The van der Waals surface area contributed by atoms with Crippen LogP contribution in [-0.2, 0) is 0 Å². The maximum atomic E-state index is 11.0. The van der Waals surface area contributed by atoms with Gasteiger partial charge in [-0.25, -0.2) is 14.8 Å². The number of anilines is 1. The Morgan fingerprint density at radius 2 is 2.26 bits per heavy atom. The normalized spacial score (nSPS) is 20.1. The molecule has 2 heterocycles. The van der Waals surface area contributed by atoms with Crippen LogP contribution in [-0.4, -0.2) is 34.1 Å². The van der Waals surface area contributed by atoms with Gasteiger partial charge in [-0.2, -0.15) is 0 Å². The zero-order valence-corrected chi connectivity index (χ0v) is 11.6. The van der Waals surface area contributed by atoms with Crippen LogP contribution in [0.5, 0.6) is 0 Å². The molecule has 0 spiro atoms. The number of carboxylic acids is 1. The minimum absolute atomic E-state index is 0.185. The number of carbonyl (C=O) groups is 1. The van der Waals surface area contributed by atoms with E-state index in [9.17, 15) is 4.79 Å². The summed E-state index contributed by atoms with van der Waals surface area (Å²) in [7, 11) is 0. The first-order chi connectivity index (χ1) is 9.11. The topological polar surface area (TPSA) is 66.3 Å². The highest BCUT2D eigenvalue weighted by atomic mass is 16.4. The van der Waals surface area contributed by atoms with Crippen molar-refractivity contribution in [1.29, 1.82) is 0 Å². The van der Waals surface area contributed by atoms with Crippen LogP contribution < -0.4 is 4.90 Å². The smallest absolute Gasteiger partial charge is 0.339 e. The predicted octanol–water partition coefficient (Wildman–Crippen LogP) is 2.50. The first-order valence-electron chi connectivity index (χ1n) is 6.93. The quantitative estimate of drug-likeness (QED) is 0.907. The summed E-state index contributed by atoms with van der Waals surface area (Å²) < 4.78 is 0. The van der Waals surface area contributed by atoms with E-state index in [1.807, 2.05) is 0 Å². The van der Waals surface area contributed by atoms with Gasteiger partial charge in [-0.05, 0) is 32.1 Å². The van der Waals surface area contributed by atoms with Crippen molar-refractivity contribution in [3.05, 3.63) is 17.5 Å². The molecule has 1 atom stereocenters. The molecular formula is C14H21N3O2. The molecule has 1 aliphatic rings. The summed E-state index contributed by atoms with van der Waals surface area (Å²) in [6.45, 7) is 5.89. The fraction of sp³-hybridized carbons (Fsp3) is 0.643. The Hall–Kier alpha value is -1.65. The van der Waals surface area contributed by atoms with E-state index in [-0.39, 0.29) is 5.56 Å². The van der Waals surface area contributed by atoms with Gasteiger partial charge < -0.3 is 10.0 Å². The zero-order chi connectivity index (χ0) is 13.8. The molecule has 5 nitrogen and oxygen atoms in total. The summed E-state index contributed by atoms with van der Waals surface area (Å²) >= 11 is 0. The summed E-state index contributed by atoms with van der Waals surface area (Å²) in [6, 6.07) is 0. The lowest BCUT2D eigenvalue weighted by Crippen LogP contribution is -2.26. The lowest BCUT2D eigenvalue weighted by atomic mass is 9.98. The molecular weight excluding hydrogens is 242 g/mol. The number of rotatable bonds is 3. The molecule has 0 aromatic carbocycles. The number of aromatic carboxylic acids is 1. The lowest BCUT2D eigenvalue weighted by Gasteiger charge is -2.20. The summed E-state index contributed by atoms with van der Waals surface area (Å²) in [4.78, 5) is 21.7. The first-order valence-corrected chi connectivity index (χ1v) is 6.93. The van der Waals surface area contributed by atoms with E-state index in [4.69, 9.17) is 5.11 Å². The fourth-order valence-electron chi connectivity index (χ4n) is 2.59.